The molecule has 148 valence electrons. The highest BCUT2D eigenvalue weighted by Gasteiger charge is 2.31. The molecule has 1 aromatic rings. The van der Waals surface area contributed by atoms with E-state index in [4.69, 9.17) is 9.47 Å². The van der Waals surface area contributed by atoms with Crippen LogP contribution in [-0.2, 0) is 24.3 Å². The molecule has 3 rings (SSSR count). The highest BCUT2D eigenvalue weighted by Crippen LogP contribution is 2.23. The number of rotatable bonds is 4. The molecule has 2 amide bonds. The van der Waals surface area contributed by atoms with Crippen molar-refractivity contribution in [1.29, 1.82) is 0 Å². The molecule has 9 nitrogen and oxygen atoms in total. The summed E-state index contributed by atoms with van der Waals surface area (Å²) in [6.07, 6.45) is -0.422. The number of carbonyl (C=O) groups is 2. The zero-order valence-corrected chi connectivity index (χ0v) is 16.0. The topological polar surface area (TPSA) is 96.5 Å². The first-order valence-corrected chi connectivity index (χ1v) is 10.3. The summed E-state index contributed by atoms with van der Waals surface area (Å²) >= 11 is 0. The first-order chi connectivity index (χ1) is 12.9. The molecule has 10 heteroatoms. The van der Waals surface area contributed by atoms with Crippen LogP contribution in [0.3, 0.4) is 0 Å². The third-order valence-electron chi connectivity index (χ3n) is 4.54. The minimum Gasteiger partial charge on any atom is -0.450 e. The normalized spacial score (nSPS) is 19.2. The Hall–Kier alpha value is -2.17. The van der Waals surface area contributed by atoms with Gasteiger partial charge in [0.15, 0.2) is 0 Å². The zero-order chi connectivity index (χ0) is 19.4. The first kappa shape index (κ1) is 19.6. The van der Waals surface area contributed by atoms with E-state index in [1.807, 2.05) is 0 Å². The molecule has 27 heavy (non-hydrogen) atoms. The second-order valence-corrected chi connectivity index (χ2v) is 8.12. The highest BCUT2D eigenvalue weighted by atomic mass is 32.2. The van der Waals surface area contributed by atoms with Crippen LogP contribution in [0, 0.1) is 0 Å². The van der Waals surface area contributed by atoms with E-state index in [0.717, 1.165) is 0 Å². The van der Waals surface area contributed by atoms with Crippen molar-refractivity contribution < 1.29 is 27.5 Å². The number of morpholine rings is 1. The number of carbonyl (C=O) groups excluding carboxylic acids is 2. The molecule has 2 saturated heterocycles. The monoisotopic (exact) mass is 397 g/mol. The van der Waals surface area contributed by atoms with Crippen molar-refractivity contribution in [1.82, 2.24) is 9.21 Å². The van der Waals surface area contributed by atoms with Crippen LogP contribution in [0.15, 0.2) is 29.2 Å². The molecule has 0 saturated carbocycles. The predicted molar refractivity (Wildman–Crippen MR) is 97.0 cm³/mol. The summed E-state index contributed by atoms with van der Waals surface area (Å²) in [6, 6.07) is 6.27. The molecule has 2 fully saturated rings. The molecule has 0 aromatic heterocycles. The van der Waals surface area contributed by atoms with Crippen molar-refractivity contribution in [2.24, 2.45) is 0 Å². The fraction of sp³-hybridized carbons (Fsp3) is 0.529. The minimum absolute atomic E-state index is 0.0325. The largest absolute Gasteiger partial charge is 0.450 e. The third kappa shape index (κ3) is 4.23. The Bertz CT molecular complexity index is 787. The fourth-order valence-corrected chi connectivity index (χ4v) is 4.49. The van der Waals surface area contributed by atoms with Gasteiger partial charge in [0, 0.05) is 38.4 Å². The lowest BCUT2D eigenvalue weighted by Gasteiger charge is -2.33. The average molecular weight is 397 g/mol. The van der Waals surface area contributed by atoms with Crippen LogP contribution in [-0.4, -0.2) is 82.2 Å². The summed E-state index contributed by atoms with van der Waals surface area (Å²) in [5.41, 5.74) is 0.648. The van der Waals surface area contributed by atoms with E-state index in [1.54, 1.807) is 24.0 Å². The van der Waals surface area contributed by atoms with Crippen molar-refractivity contribution in [3.63, 3.8) is 0 Å². The van der Waals surface area contributed by atoms with Gasteiger partial charge in [-0.1, -0.05) is 0 Å². The van der Waals surface area contributed by atoms with Crippen molar-refractivity contribution in [2.45, 2.75) is 11.8 Å². The lowest BCUT2D eigenvalue weighted by Crippen LogP contribution is -2.50. The molecule has 1 aromatic carbocycles. The van der Waals surface area contributed by atoms with Gasteiger partial charge in [-0.25, -0.2) is 13.2 Å². The highest BCUT2D eigenvalue weighted by molar-refractivity contribution is 7.89. The van der Waals surface area contributed by atoms with E-state index >= 15 is 0 Å². The summed E-state index contributed by atoms with van der Waals surface area (Å²) in [7, 11) is -3.66. The number of ether oxygens (including phenoxy) is 2. The number of anilines is 1. The molecule has 2 aliphatic rings. The molecular formula is C17H23N3O6S. The van der Waals surface area contributed by atoms with Gasteiger partial charge in [-0.15, -0.1) is 0 Å². The quantitative estimate of drug-likeness (QED) is 0.735. The Morgan fingerprint density at radius 1 is 1.11 bits per heavy atom. The van der Waals surface area contributed by atoms with Crippen LogP contribution < -0.4 is 4.90 Å². The Kier molecular flexibility index (Phi) is 5.98. The summed E-state index contributed by atoms with van der Waals surface area (Å²) in [6.45, 7) is 3.96. The molecule has 0 aliphatic carbocycles. The lowest BCUT2D eigenvalue weighted by molar-refractivity contribution is -0.125. The number of amides is 2. The van der Waals surface area contributed by atoms with Crippen LogP contribution in [0.2, 0.25) is 0 Å². The average Bonchev–Trinajstić information content (AvgIpc) is 2.69. The number of piperazine rings is 1. The van der Waals surface area contributed by atoms with E-state index in [0.29, 0.717) is 31.9 Å². The molecule has 2 heterocycles. The van der Waals surface area contributed by atoms with Crippen molar-refractivity contribution in [3.05, 3.63) is 24.3 Å². The number of nitrogens with zero attached hydrogens (tertiary/aromatic N) is 3. The van der Waals surface area contributed by atoms with Crippen molar-refractivity contribution in [2.75, 3.05) is 57.4 Å². The van der Waals surface area contributed by atoms with Gasteiger partial charge in [0.25, 0.3) is 5.91 Å². The number of benzene rings is 1. The van der Waals surface area contributed by atoms with E-state index in [9.17, 15) is 18.0 Å². The Morgan fingerprint density at radius 2 is 1.78 bits per heavy atom. The van der Waals surface area contributed by atoms with Crippen molar-refractivity contribution in [3.8, 4) is 0 Å². The van der Waals surface area contributed by atoms with Gasteiger partial charge < -0.3 is 19.3 Å². The van der Waals surface area contributed by atoms with Gasteiger partial charge in [0.05, 0.1) is 18.1 Å². The summed E-state index contributed by atoms with van der Waals surface area (Å²) in [5, 5.41) is 0. The maximum absolute atomic E-state index is 12.8. The van der Waals surface area contributed by atoms with Crippen molar-refractivity contribution >= 4 is 27.7 Å². The molecule has 0 spiro atoms. The molecule has 0 N–H and O–H groups in total. The van der Waals surface area contributed by atoms with Gasteiger partial charge in [0.2, 0.25) is 10.0 Å². The van der Waals surface area contributed by atoms with Gasteiger partial charge in [-0.05, 0) is 31.2 Å². The Balaban J connectivity index is 1.67. The molecule has 0 atom stereocenters. The number of hydrogen-bond acceptors (Lipinski definition) is 6. The second kappa shape index (κ2) is 8.24. The second-order valence-electron chi connectivity index (χ2n) is 6.18. The van der Waals surface area contributed by atoms with E-state index < -0.39 is 16.1 Å². The summed E-state index contributed by atoms with van der Waals surface area (Å²) < 4.78 is 37.1. The first-order valence-electron chi connectivity index (χ1n) is 8.83. The third-order valence-corrected chi connectivity index (χ3v) is 6.45. The lowest BCUT2D eigenvalue weighted by atomic mass is 10.2. The van der Waals surface area contributed by atoms with E-state index in [2.05, 4.69) is 0 Å². The number of hydrogen-bond donors (Lipinski definition) is 0. The van der Waals surface area contributed by atoms with Gasteiger partial charge in [-0.3, -0.25) is 4.79 Å². The van der Waals surface area contributed by atoms with E-state index in [-0.39, 0.29) is 37.1 Å². The fourth-order valence-electron chi connectivity index (χ4n) is 3.06. The van der Waals surface area contributed by atoms with Gasteiger partial charge in [0.1, 0.15) is 6.61 Å². The van der Waals surface area contributed by atoms with Crippen LogP contribution in [0.5, 0.6) is 0 Å². The smallest absolute Gasteiger partial charge is 0.409 e. The van der Waals surface area contributed by atoms with Crippen LogP contribution in [0.4, 0.5) is 10.5 Å². The molecule has 0 radical (unpaired) electrons. The zero-order valence-electron chi connectivity index (χ0n) is 15.2. The standard InChI is InChI=1S/C17H23N3O6S/c1-2-26-17(22)18-7-9-19(10-8-18)27(23,24)15-5-3-14(4-6-15)20-11-12-25-13-16(20)21/h3-6H,2,7-13H2,1H3. The maximum Gasteiger partial charge on any atom is 0.409 e. The van der Waals surface area contributed by atoms with Gasteiger partial charge >= 0.3 is 6.09 Å². The maximum atomic E-state index is 12.8. The SMILES string of the molecule is CCOC(=O)N1CCN(S(=O)(=O)c2ccc(N3CCOCC3=O)cc2)CC1. The summed E-state index contributed by atoms with van der Waals surface area (Å²) in [5.74, 6) is -0.146. The molecule has 2 aliphatic heterocycles. The molecular weight excluding hydrogens is 374 g/mol. The Labute approximate surface area is 158 Å². The Morgan fingerprint density at radius 3 is 2.37 bits per heavy atom. The summed E-state index contributed by atoms with van der Waals surface area (Å²) in [4.78, 5) is 26.9. The minimum atomic E-state index is -3.66. The molecule has 0 bridgehead atoms. The van der Waals surface area contributed by atoms with E-state index in [1.165, 1.54) is 21.3 Å². The van der Waals surface area contributed by atoms with Crippen LogP contribution in [0.25, 0.3) is 0 Å². The molecule has 0 unspecified atom stereocenters. The van der Waals surface area contributed by atoms with Crippen LogP contribution in [0.1, 0.15) is 6.92 Å². The van der Waals surface area contributed by atoms with Gasteiger partial charge in [-0.2, -0.15) is 4.31 Å². The predicted octanol–water partition coefficient (Wildman–Crippen LogP) is 0.513. The number of sulfonamides is 1. The van der Waals surface area contributed by atoms with Crippen LogP contribution >= 0.6 is 0 Å².